The van der Waals surface area contributed by atoms with Gasteiger partial charge in [0, 0.05) is 24.7 Å². The number of carbonyl (C=O) groups excluding carboxylic acids is 2. The Kier molecular flexibility index (Phi) is 5.97. The van der Waals surface area contributed by atoms with Gasteiger partial charge in [-0.05, 0) is 18.2 Å². The molecule has 1 saturated heterocycles. The van der Waals surface area contributed by atoms with Gasteiger partial charge in [0.25, 0.3) is 5.91 Å². The van der Waals surface area contributed by atoms with Crippen LogP contribution in [-0.4, -0.2) is 48.1 Å². The molecule has 1 aromatic heterocycles. The van der Waals surface area contributed by atoms with Gasteiger partial charge < -0.3 is 14.4 Å². The highest BCUT2D eigenvalue weighted by Gasteiger charge is 2.29. The molecule has 0 radical (unpaired) electrons. The number of esters is 1. The van der Waals surface area contributed by atoms with Crippen LogP contribution >= 0.6 is 11.3 Å². The first-order valence-corrected chi connectivity index (χ1v) is 10.2. The molecule has 1 fully saturated rings. The zero-order valence-electron chi connectivity index (χ0n) is 15.7. The maximum absolute atomic E-state index is 13.0. The number of aromatic nitrogens is 1. The Balaban J connectivity index is 1.50. The number of carbonyl (C=O) groups is 2. The molecule has 148 valence electrons. The van der Waals surface area contributed by atoms with Gasteiger partial charge in [-0.3, -0.25) is 4.79 Å². The predicted octanol–water partition coefficient (Wildman–Crippen LogP) is 3.45. The second-order valence-electron chi connectivity index (χ2n) is 6.52. The van der Waals surface area contributed by atoms with Crippen LogP contribution in [0.3, 0.4) is 0 Å². The number of amides is 1. The summed E-state index contributed by atoms with van der Waals surface area (Å²) in [7, 11) is 0. The smallest absolute Gasteiger partial charge is 0.331 e. The van der Waals surface area contributed by atoms with E-state index in [1.54, 1.807) is 23.1 Å². The molecule has 0 spiro atoms. The molecule has 29 heavy (non-hydrogen) atoms. The van der Waals surface area contributed by atoms with E-state index >= 15 is 0 Å². The first-order valence-electron chi connectivity index (χ1n) is 9.36. The van der Waals surface area contributed by atoms with Gasteiger partial charge in [-0.15, -0.1) is 11.3 Å². The molecule has 3 aromatic rings. The SMILES string of the molecule is O=C(/C=C/c1nc2ccccc2s1)O[C@H](C(=O)N1CCOCC1)c1ccccc1. The number of fused-ring (bicyclic) bond motifs is 1. The average molecular weight is 408 g/mol. The fourth-order valence-electron chi connectivity index (χ4n) is 3.09. The minimum absolute atomic E-state index is 0.235. The van der Waals surface area contributed by atoms with E-state index in [-0.39, 0.29) is 5.91 Å². The van der Waals surface area contributed by atoms with Crippen molar-refractivity contribution in [3.8, 4) is 0 Å². The second-order valence-corrected chi connectivity index (χ2v) is 7.58. The summed E-state index contributed by atoms with van der Waals surface area (Å²) >= 11 is 1.49. The molecule has 0 N–H and O–H groups in total. The van der Waals surface area contributed by atoms with Crippen molar-refractivity contribution >= 4 is 39.5 Å². The molecular formula is C22H20N2O4S. The van der Waals surface area contributed by atoms with Crippen LogP contribution in [0.2, 0.25) is 0 Å². The largest absolute Gasteiger partial charge is 0.444 e. The van der Waals surface area contributed by atoms with Crippen LogP contribution < -0.4 is 0 Å². The molecule has 2 aromatic carbocycles. The van der Waals surface area contributed by atoms with E-state index in [9.17, 15) is 9.59 Å². The van der Waals surface area contributed by atoms with Gasteiger partial charge in [-0.1, -0.05) is 42.5 Å². The van der Waals surface area contributed by atoms with Crippen LogP contribution in [0.5, 0.6) is 0 Å². The molecule has 2 heterocycles. The third-order valence-corrected chi connectivity index (χ3v) is 5.56. The van der Waals surface area contributed by atoms with Crippen LogP contribution in [-0.2, 0) is 19.1 Å². The number of ether oxygens (including phenoxy) is 2. The van der Waals surface area contributed by atoms with Crippen molar-refractivity contribution in [1.29, 1.82) is 0 Å². The Morgan fingerprint density at radius 3 is 2.55 bits per heavy atom. The number of benzene rings is 2. The van der Waals surface area contributed by atoms with Crippen LogP contribution in [0.1, 0.15) is 16.7 Å². The molecular weight excluding hydrogens is 388 g/mol. The fourth-order valence-corrected chi connectivity index (χ4v) is 3.96. The molecule has 0 unspecified atom stereocenters. The number of hydrogen-bond acceptors (Lipinski definition) is 6. The first kappa shape index (κ1) is 19.3. The average Bonchev–Trinajstić information content (AvgIpc) is 3.20. The minimum atomic E-state index is -0.984. The topological polar surface area (TPSA) is 68.7 Å². The predicted molar refractivity (Wildman–Crippen MR) is 111 cm³/mol. The number of rotatable bonds is 5. The van der Waals surface area contributed by atoms with Crippen molar-refractivity contribution in [3.63, 3.8) is 0 Å². The Morgan fingerprint density at radius 1 is 1.07 bits per heavy atom. The Labute approximate surface area is 172 Å². The summed E-state index contributed by atoms with van der Waals surface area (Å²) in [6, 6.07) is 16.8. The molecule has 7 heteroatoms. The van der Waals surface area contributed by atoms with Crippen LogP contribution in [0.4, 0.5) is 0 Å². The van der Waals surface area contributed by atoms with Gasteiger partial charge >= 0.3 is 5.97 Å². The lowest BCUT2D eigenvalue weighted by atomic mass is 10.1. The minimum Gasteiger partial charge on any atom is -0.444 e. The third kappa shape index (κ3) is 4.70. The summed E-state index contributed by atoms with van der Waals surface area (Å²) in [6.07, 6.45) is 1.95. The highest BCUT2D eigenvalue weighted by Crippen LogP contribution is 2.24. The maximum atomic E-state index is 13.0. The summed E-state index contributed by atoms with van der Waals surface area (Å²) in [5, 5.41) is 0.707. The summed E-state index contributed by atoms with van der Waals surface area (Å²) < 4.78 is 11.9. The number of morpholine rings is 1. The summed E-state index contributed by atoms with van der Waals surface area (Å²) in [5.74, 6) is -0.819. The lowest BCUT2D eigenvalue weighted by Crippen LogP contribution is -2.44. The lowest BCUT2D eigenvalue weighted by Gasteiger charge is -2.30. The van der Waals surface area contributed by atoms with E-state index in [0.29, 0.717) is 36.9 Å². The quantitative estimate of drug-likeness (QED) is 0.478. The zero-order valence-corrected chi connectivity index (χ0v) is 16.5. The van der Waals surface area contributed by atoms with Gasteiger partial charge in [0.15, 0.2) is 0 Å². The Morgan fingerprint density at radius 2 is 1.79 bits per heavy atom. The number of thiazole rings is 1. The molecule has 6 nitrogen and oxygen atoms in total. The highest BCUT2D eigenvalue weighted by atomic mass is 32.1. The highest BCUT2D eigenvalue weighted by molar-refractivity contribution is 7.19. The van der Waals surface area contributed by atoms with E-state index in [1.165, 1.54) is 17.4 Å². The molecule has 1 atom stereocenters. The molecule has 0 bridgehead atoms. The summed E-state index contributed by atoms with van der Waals surface area (Å²) in [4.78, 5) is 31.6. The van der Waals surface area contributed by atoms with Crippen molar-refractivity contribution in [1.82, 2.24) is 9.88 Å². The van der Waals surface area contributed by atoms with Crippen molar-refractivity contribution in [3.05, 3.63) is 71.2 Å². The maximum Gasteiger partial charge on any atom is 0.331 e. The zero-order chi connectivity index (χ0) is 20.1. The van der Waals surface area contributed by atoms with Crippen LogP contribution in [0.25, 0.3) is 16.3 Å². The first-order chi connectivity index (χ1) is 14.2. The van der Waals surface area contributed by atoms with E-state index in [2.05, 4.69) is 4.98 Å². The van der Waals surface area contributed by atoms with E-state index in [4.69, 9.17) is 9.47 Å². The van der Waals surface area contributed by atoms with Gasteiger partial charge in [0.2, 0.25) is 6.10 Å². The van der Waals surface area contributed by atoms with Crippen molar-refractivity contribution in [2.24, 2.45) is 0 Å². The molecule has 0 aliphatic carbocycles. The third-order valence-electron chi connectivity index (χ3n) is 4.56. The molecule has 4 rings (SSSR count). The Hall–Kier alpha value is -3.03. The normalized spacial score (nSPS) is 15.5. The van der Waals surface area contributed by atoms with Crippen molar-refractivity contribution in [2.75, 3.05) is 26.3 Å². The molecule has 1 amide bonds. The number of para-hydroxylation sites is 1. The van der Waals surface area contributed by atoms with E-state index in [0.717, 1.165) is 10.2 Å². The lowest BCUT2D eigenvalue weighted by molar-refractivity contribution is -0.159. The summed E-state index contributed by atoms with van der Waals surface area (Å²) in [6.45, 7) is 1.94. The van der Waals surface area contributed by atoms with Crippen molar-refractivity contribution < 1.29 is 19.1 Å². The fraction of sp³-hybridized carbons (Fsp3) is 0.227. The standard InChI is InChI=1S/C22H20N2O4S/c25-20(11-10-19-23-17-8-4-5-9-18(17)29-19)28-21(16-6-2-1-3-7-16)22(26)24-12-14-27-15-13-24/h1-11,21H,12-15H2/b11-10+/t21-/m0/s1. The molecule has 1 aliphatic heterocycles. The summed E-state index contributed by atoms with van der Waals surface area (Å²) in [5.41, 5.74) is 1.53. The molecule has 0 saturated carbocycles. The monoisotopic (exact) mass is 408 g/mol. The number of nitrogens with zero attached hydrogens (tertiary/aromatic N) is 2. The van der Waals surface area contributed by atoms with Gasteiger partial charge in [0.05, 0.1) is 23.4 Å². The van der Waals surface area contributed by atoms with Gasteiger partial charge in [-0.25, -0.2) is 9.78 Å². The van der Waals surface area contributed by atoms with Crippen LogP contribution in [0, 0.1) is 0 Å². The van der Waals surface area contributed by atoms with E-state index in [1.807, 2.05) is 42.5 Å². The van der Waals surface area contributed by atoms with Gasteiger partial charge in [-0.2, -0.15) is 0 Å². The van der Waals surface area contributed by atoms with E-state index < -0.39 is 12.1 Å². The Bertz CT molecular complexity index is 992. The molecule has 1 aliphatic rings. The number of hydrogen-bond donors (Lipinski definition) is 0. The van der Waals surface area contributed by atoms with Gasteiger partial charge in [0.1, 0.15) is 5.01 Å². The second kappa shape index (κ2) is 8.98. The van der Waals surface area contributed by atoms with Crippen LogP contribution in [0.15, 0.2) is 60.7 Å². The van der Waals surface area contributed by atoms with Crippen molar-refractivity contribution in [2.45, 2.75) is 6.10 Å².